The van der Waals surface area contributed by atoms with Gasteiger partial charge in [0.05, 0.1) is 12.1 Å². The van der Waals surface area contributed by atoms with Gasteiger partial charge >= 0.3 is 5.97 Å². The van der Waals surface area contributed by atoms with Crippen LogP contribution in [0.1, 0.15) is 24.5 Å². The Morgan fingerprint density at radius 1 is 1.37 bits per heavy atom. The molecular formula is C16H15NO2. The zero-order chi connectivity index (χ0) is 13.7. The van der Waals surface area contributed by atoms with Crippen molar-refractivity contribution in [2.45, 2.75) is 20.3 Å². The highest BCUT2D eigenvalue weighted by Crippen LogP contribution is 2.18. The number of fused-ring (bicyclic) bond motifs is 1. The van der Waals surface area contributed by atoms with Gasteiger partial charge < -0.3 is 4.74 Å². The maximum absolute atomic E-state index is 11.2. The number of nitrogens with zero attached hydrogens (tertiary/aromatic N) is 1. The van der Waals surface area contributed by atoms with E-state index >= 15 is 0 Å². The van der Waals surface area contributed by atoms with Crippen LogP contribution >= 0.6 is 0 Å². The second kappa shape index (κ2) is 6.01. The summed E-state index contributed by atoms with van der Waals surface area (Å²) in [5.41, 5.74) is 2.88. The van der Waals surface area contributed by atoms with Crippen molar-refractivity contribution in [2.24, 2.45) is 0 Å². The van der Waals surface area contributed by atoms with Crippen LogP contribution in [0.25, 0.3) is 10.9 Å². The summed E-state index contributed by atoms with van der Waals surface area (Å²) in [4.78, 5) is 15.5. The van der Waals surface area contributed by atoms with Gasteiger partial charge in [0.15, 0.2) is 0 Å². The summed E-state index contributed by atoms with van der Waals surface area (Å²) in [7, 11) is 0. The molecule has 2 aromatic rings. The first-order chi connectivity index (χ1) is 9.22. The van der Waals surface area contributed by atoms with Gasteiger partial charge in [0.2, 0.25) is 0 Å². The lowest BCUT2D eigenvalue weighted by Crippen LogP contribution is -2.01. The Morgan fingerprint density at radius 3 is 3.00 bits per heavy atom. The van der Waals surface area contributed by atoms with Crippen molar-refractivity contribution < 1.29 is 9.53 Å². The molecule has 1 aromatic carbocycles. The summed E-state index contributed by atoms with van der Waals surface area (Å²) in [6, 6.07) is 7.88. The fourth-order valence-electron chi connectivity index (χ4n) is 1.85. The summed E-state index contributed by atoms with van der Waals surface area (Å²) >= 11 is 0. The van der Waals surface area contributed by atoms with Gasteiger partial charge in [-0.1, -0.05) is 24.0 Å². The first-order valence-corrected chi connectivity index (χ1v) is 6.21. The largest absolute Gasteiger partial charge is 0.465 e. The Bertz CT molecular complexity index is 665. The van der Waals surface area contributed by atoms with E-state index < -0.39 is 0 Å². The Balaban J connectivity index is 2.24. The van der Waals surface area contributed by atoms with Crippen LogP contribution in [0.5, 0.6) is 0 Å². The minimum Gasteiger partial charge on any atom is -0.465 e. The quantitative estimate of drug-likeness (QED) is 0.610. The Labute approximate surface area is 112 Å². The van der Waals surface area contributed by atoms with E-state index in [0.29, 0.717) is 6.61 Å². The van der Waals surface area contributed by atoms with Crippen LogP contribution in [0.3, 0.4) is 0 Å². The monoisotopic (exact) mass is 253 g/mol. The van der Waals surface area contributed by atoms with Gasteiger partial charge in [-0.05, 0) is 31.5 Å². The van der Waals surface area contributed by atoms with E-state index in [1.165, 1.54) is 0 Å². The molecule has 19 heavy (non-hydrogen) atoms. The van der Waals surface area contributed by atoms with Crippen molar-refractivity contribution in [2.75, 3.05) is 6.61 Å². The SMILES string of the molecule is CCOC(=O)CC#Cc1ccc2cccnc2c1C. The number of carbonyl (C=O) groups is 1. The number of hydrogen-bond donors (Lipinski definition) is 0. The van der Waals surface area contributed by atoms with Gasteiger partial charge in [-0.3, -0.25) is 9.78 Å². The summed E-state index contributed by atoms with van der Waals surface area (Å²) in [5.74, 6) is 5.56. The van der Waals surface area contributed by atoms with Gasteiger partial charge in [-0.2, -0.15) is 0 Å². The number of esters is 1. The van der Waals surface area contributed by atoms with Crippen LogP contribution in [0, 0.1) is 18.8 Å². The molecule has 0 aliphatic heterocycles. The number of benzene rings is 1. The number of aryl methyl sites for hydroxylation is 1. The molecule has 0 radical (unpaired) electrons. The smallest absolute Gasteiger partial charge is 0.317 e. The minimum atomic E-state index is -0.286. The zero-order valence-electron chi connectivity index (χ0n) is 11.1. The maximum Gasteiger partial charge on any atom is 0.317 e. The zero-order valence-corrected chi connectivity index (χ0v) is 11.1. The lowest BCUT2D eigenvalue weighted by atomic mass is 10.0. The lowest BCUT2D eigenvalue weighted by Gasteiger charge is -2.03. The van der Waals surface area contributed by atoms with E-state index in [9.17, 15) is 4.79 Å². The van der Waals surface area contributed by atoms with Gasteiger partial charge in [0.1, 0.15) is 6.42 Å². The number of aromatic nitrogens is 1. The average molecular weight is 253 g/mol. The molecule has 1 aromatic heterocycles. The molecule has 1 heterocycles. The Kier molecular flexibility index (Phi) is 4.15. The molecule has 2 rings (SSSR count). The van der Waals surface area contributed by atoms with E-state index in [4.69, 9.17) is 4.74 Å². The van der Waals surface area contributed by atoms with Gasteiger partial charge in [-0.15, -0.1) is 0 Å². The van der Waals surface area contributed by atoms with Crippen molar-refractivity contribution in [3.8, 4) is 11.8 Å². The molecule has 96 valence electrons. The number of rotatable bonds is 2. The highest BCUT2D eigenvalue weighted by Gasteiger charge is 2.02. The first-order valence-electron chi connectivity index (χ1n) is 6.21. The second-order valence-corrected chi connectivity index (χ2v) is 4.10. The number of pyridine rings is 1. The fraction of sp³-hybridized carbons (Fsp3) is 0.250. The van der Waals surface area contributed by atoms with Gasteiger partial charge in [-0.25, -0.2) is 0 Å². The molecule has 0 atom stereocenters. The van der Waals surface area contributed by atoms with Crippen molar-refractivity contribution in [1.29, 1.82) is 0 Å². The second-order valence-electron chi connectivity index (χ2n) is 4.10. The molecule has 0 N–H and O–H groups in total. The highest BCUT2D eigenvalue weighted by molar-refractivity contribution is 5.83. The van der Waals surface area contributed by atoms with E-state index in [-0.39, 0.29) is 12.4 Å². The number of carbonyl (C=O) groups excluding carboxylic acids is 1. The molecule has 3 nitrogen and oxygen atoms in total. The minimum absolute atomic E-state index is 0.119. The first kappa shape index (κ1) is 13.1. The standard InChI is InChI=1S/C16H15NO2/c1-3-19-15(18)8-4-6-13-9-10-14-7-5-11-17-16(14)12(13)2/h5,7,9-11H,3,8H2,1-2H3. The van der Waals surface area contributed by atoms with Gasteiger partial charge in [0.25, 0.3) is 0 Å². The average Bonchev–Trinajstić information content (AvgIpc) is 2.42. The molecule has 0 unspecified atom stereocenters. The van der Waals surface area contributed by atoms with Crippen molar-refractivity contribution >= 4 is 16.9 Å². The maximum atomic E-state index is 11.2. The van der Waals surface area contributed by atoms with Gasteiger partial charge in [0, 0.05) is 17.1 Å². The van der Waals surface area contributed by atoms with Crippen LogP contribution < -0.4 is 0 Å². The fourth-order valence-corrected chi connectivity index (χ4v) is 1.85. The van der Waals surface area contributed by atoms with Crippen molar-refractivity contribution in [1.82, 2.24) is 4.98 Å². The van der Waals surface area contributed by atoms with Crippen LogP contribution in [0.4, 0.5) is 0 Å². The molecule has 0 fully saturated rings. The Morgan fingerprint density at radius 2 is 2.21 bits per heavy atom. The molecule has 0 amide bonds. The third-order valence-electron chi connectivity index (χ3n) is 2.79. The third kappa shape index (κ3) is 3.11. The normalized spacial score (nSPS) is 9.79. The van der Waals surface area contributed by atoms with Crippen LogP contribution in [0.15, 0.2) is 30.5 Å². The number of hydrogen-bond acceptors (Lipinski definition) is 3. The van der Waals surface area contributed by atoms with Crippen LogP contribution in [0.2, 0.25) is 0 Å². The Hall–Kier alpha value is -2.34. The lowest BCUT2D eigenvalue weighted by molar-refractivity contribution is -0.141. The summed E-state index contributed by atoms with van der Waals surface area (Å²) in [6.07, 6.45) is 1.89. The van der Waals surface area contributed by atoms with Crippen LogP contribution in [-0.2, 0) is 9.53 Å². The molecule has 0 aliphatic carbocycles. The molecule has 0 saturated carbocycles. The molecular weight excluding hydrogens is 238 g/mol. The third-order valence-corrected chi connectivity index (χ3v) is 2.79. The van der Waals surface area contributed by atoms with Crippen molar-refractivity contribution in [3.05, 3.63) is 41.6 Å². The predicted octanol–water partition coefficient (Wildman–Crippen LogP) is 2.85. The topological polar surface area (TPSA) is 39.2 Å². The molecule has 0 saturated heterocycles. The summed E-state index contributed by atoms with van der Waals surface area (Å²) < 4.78 is 4.83. The predicted molar refractivity (Wildman–Crippen MR) is 74.6 cm³/mol. The highest BCUT2D eigenvalue weighted by atomic mass is 16.5. The van der Waals surface area contributed by atoms with E-state index in [1.54, 1.807) is 13.1 Å². The van der Waals surface area contributed by atoms with Crippen molar-refractivity contribution in [3.63, 3.8) is 0 Å². The van der Waals surface area contributed by atoms with E-state index in [0.717, 1.165) is 22.0 Å². The van der Waals surface area contributed by atoms with Crippen LogP contribution in [-0.4, -0.2) is 17.6 Å². The van der Waals surface area contributed by atoms with E-state index in [2.05, 4.69) is 16.8 Å². The molecule has 0 bridgehead atoms. The molecule has 0 aliphatic rings. The summed E-state index contributed by atoms with van der Waals surface area (Å²) in [5, 5.41) is 1.09. The summed E-state index contributed by atoms with van der Waals surface area (Å²) in [6.45, 7) is 4.16. The molecule has 3 heteroatoms. The van der Waals surface area contributed by atoms with E-state index in [1.807, 2.05) is 31.2 Å². The number of ether oxygens (including phenoxy) is 1. The molecule has 0 spiro atoms.